The van der Waals surface area contributed by atoms with E-state index in [4.69, 9.17) is 0 Å². The highest BCUT2D eigenvalue weighted by molar-refractivity contribution is 5.95. The molecule has 0 saturated carbocycles. The predicted octanol–water partition coefficient (Wildman–Crippen LogP) is 2.79. The van der Waals surface area contributed by atoms with Gasteiger partial charge in [0.1, 0.15) is 6.29 Å². The summed E-state index contributed by atoms with van der Waals surface area (Å²) >= 11 is 0. The Morgan fingerprint density at radius 2 is 1.81 bits per heavy atom. The molecule has 2 rings (SSSR count). The van der Waals surface area contributed by atoms with E-state index < -0.39 is 6.04 Å². The van der Waals surface area contributed by atoms with Crippen LogP contribution in [0.5, 0.6) is 0 Å². The highest BCUT2D eigenvalue weighted by Crippen LogP contribution is 2.07. The highest BCUT2D eigenvalue weighted by atomic mass is 16.2. The number of carbonyl (C=O) groups is 2. The molecule has 3 heteroatoms. The van der Waals surface area contributed by atoms with E-state index in [1.54, 1.807) is 6.07 Å². The Hall–Kier alpha value is -2.42. The number of nitrogens with one attached hydrogen (secondary N) is 1. The van der Waals surface area contributed by atoms with Crippen LogP contribution < -0.4 is 5.32 Å². The number of hydrogen-bond donors (Lipinski definition) is 1. The maximum absolute atomic E-state index is 12.2. The van der Waals surface area contributed by atoms with Gasteiger partial charge in [0, 0.05) is 5.56 Å². The molecule has 0 heterocycles. The lowest BCUT2D eigenvalue weighted by Crippen LogP contribution is -2.37. The molecule has 0 aliphatic heterocycles. The molecule has 1 amide bonds. The number of aryl methyl sites for hydroxylation is 1. The molecule has 108 valence electrons. The summed E-state index contributed by atoms with van der Waals surface area (Å²) < 4.78 is 0. The van der Waals surface area contributed by atoms with Gasteiger partial charge in [0.05, 0.1) is 6.04 Å². The molecule has 1 unspecified atom stereocenters. The average Bonchev–Trinajstić information content (AvgIpc) is 2.55. The minimum atomic E-state index is -0.509. The lowest BCUT2D eigenvalue weighted by atomic mass is 10.1. The molecule has 0 radical (unpaired) electrons. The zero-order valence-electron chi connectivity index (χ0n) is 12.1. The van der Waals surface area contributed by atoms with Crippen molar-refractivity contribution in [2.75, 3.05) is 0 Å². The summed E-state index contributed by atoms with van der Waals surface area (Å²) in [5.74, 6) is -0.210. The van der Waals surface area contributed by atoms with Crippen LogP contribution in [0.1, 0.15) is 28.4 Å². The van der Waals surface area contributed by atoms with Gasteiger partial charge in [-0.3, -0.25) is 4.79 Å². The lowest BCUT2D eigenvalue weighted by molar-refractivity contribution is -0.109. The second-order valence-corrected chi connectivity index (χ2v) is 4.96. The summed E-state index contributed by atoms with van der Waals surface area (Å²) in [5.41, 5.74) is 2.72. The van der Waals surface area contributed by atoms with E-state index in [-0.39, 0.29) is 5.91 Å². The number of amides is 1. The van der Waals surface area contributed by atoms with Crippen molar-refractivity contribution in [2.24, 2.45) is 0 Å². The maximum Gasteiger partial charge on any atom is 0.251 e. The van der Waals surface area contributed by atoms with Gasteiger partial charge in [0.15, 0.2) is 0 Å². The van der Waals surface area contributed by atoms with Crippen LogP contribution in [-0.2, 0) is 17.6 Å². The van der Waals surface area contributed by atoms with Crippen LogP contribution in [-0.4, -0.2) is 18.2 Å². The first kappa shape index (κ1) is 15.0. The Labute approximate surface area is 125 Å². The van der Waals surface area contributed by atoms with Gasteiger partial charge in [-0.1, -0.05) is 49.4 Å². The second kappa shape index (κ2) is 7.39. The highest BCUT2D eigenvalue weighted by Gasteiger charge is 2.13. The first-order chi connectivity index (χ1) is 10.2. The van der Waals surface area contributed by atoms with Crippen LogP contribution in [0.4, 0.5) is 0 Å². The van der Waals surface area contributed by atoms with Crippen molar-refractivity contribution in [3.05, 3.63) is 71.3 Å². The molecule has 1 N–H and O–H groups in total. The predicted molar refractivity (Wildman–Crippen MR) is 83.3 cm³/mol. The van der Waals surface area contributed by atoms with Crippen molar-refractivity contribution in [1.82, 2.24) is 5.32 Å². The number of hydrogen-bond acceptors (Lipinski definition) is 2. The molecular weight excluding hydrogens is 262 g/mol. The molecule has 2 aromatic carbocycles. The van der Waals surface area contributed by atoms with Gasteiger partial charge in [0.2, 0.25) is 0 Å². The van der Waals surface area contributed by atoms with Gasteiger partial charge in [-0.2, -0.15) is 0 Å². The van der Waals surface area contributed by atoms with Gasteiger partial charge in [-0.25, -0.2) is 0 Å². The van der Waals surface area contributed by atoms with Crippen molar-refractivity contribution >= 4 is 12.2 Å². The number of aldehydes is 1. The van der Waals surface area contributed by atoms with E-state index in [1.165, 1.54) is 0 Å². The van der Waals surface area contributed by atoms with E-state index in [2.05, 4.69) is 5.32 Å². The van der Waals surface area contributed by atoms with Gasteiger partial charge in [-0.05, 0) is 36.1 Å². The Kier molecular flexibility index (Phi) is 5.27. The normalized spacial score (nSPS) is 11.7. The Balaban J connectivity index is 2.04. The third kappa shape index (κ3) is 4.28. The van der Waals surface area contributed by atoms with Crippen LogP contribution in [0.25, 0.3) is 0 Å². The third-order valence-corrected chi connectivity index (χ3v) is 3.38. The van der Waals surface area contributed by atoms with Crippen molar-refractivity contribution < 1.29 is 9.59 Å². The van der Waals surface area contributed by atoms with Crippen LogP contribution in [0.15, 0.2) is 54.6 Å². The molecule has 0 bridgehead atoms. The van der Waals surface area contributed by atoms with Crippen LogP contribution in [0, 0.1) is 0 Å². The molecule has 0 aliphatic carbocycles. The quantitative estimate of drug-likeness (QED) is 0.828. The van der Waals surface area contributed by atoms with Crippen molar-refractivity contribution in [3.63, 3.8) is 0 Å². The zero-order valence-corrected chi connectivity index (χ0v) is 12.1. The third-order valence-electron chi connectivity index (χ3n) is 3.38. The molecule has 0 saturated heterocycles. The summed E-state index contributed by atoms with van der Waals surface area (Å²) in [6.07, 6.45) is 2.17. The fraction of sp³-hybridized carbons (Fsp3) is 0.222. The van der Waals surface area contributed by atoms with E-state index in [0.717, 1.165) is 23.8 Å². The first-order valence-corrected chi connectivity index (χ1v) is 7.12. The SMILES string of the molecule is CCc1cccc(C(=O)NC(C=O)Cc2ccccc2)c1. The molecule has 1 atom stereocenters. The van der Waals surface area contributed by atoms with E-state index >= 15 is 0 Å². The molecule has 0 aliphatic rings. The van der Waals surface area contributed by atoms with Crippen molar-refractivity contribution in [3.8, 4) is 0 Å². The van der Waals surface area contributed by atoms with E-state index in [1.807, 2.05) is 55.5 Å². The molecule has 0 spiro atoms. The average molecular weight is 281 g/mol. The second-order valence-electron chi connectivity index (χ2n) is 4.96. The standard InChI is InChI=1S/C18H19NO2/c1-2-14-9-6-10-16(11-14)18(21)19-17(13-20)12-15-7-4-3-5-8-15/h3-11,13,17H,2,12H2,1H3,(H,19,21). The molecule has 0 aromatic heterocycles. The summed E-state index contributed by atoms with van der Waals surface area (Å²) in [5, 5.41) is 2.78. The molecule has 21 heavy (non-hydrogen) atoms. The Morgan fingerprint density at radius 1 is 1.10 bits per heavy atom. The van der Waals surface area contributed by atoms with E-state index in [0.29, 0.717) is 12.0 Å². The van der Waals surface area contributed by atoms with Crippen molar-refractivity contribution in [1.29, 1.82) is 0 Å². The monoisotopic (exact) mass is 281 g/mol. The molecular formula is C18H19NO2. The van der Waals surface area contributed by atoms with E-state index in [9.17, 15) is 9.59 Å². The zero-order chi connectivity index (χ0) is 15.1. The first-order valence-electron chi connectivity index (χ1n) is 7.12. The minimum absolute atomic E-state index is 0.210. The lowest BCUT2D eigenvalue weighted by Gasteiger charge is -2.13. The fourth-order valence-electron chi connectivity index (χ4n) is 2.19. The molecule has 0 fully saturated rings. The Morgan fingerprint density at radius 3 is 2.48 bits per heavy atom. The maximum atomic E-state index is 12.2. The van der Waals surface area contributed by atoms with Gasteiger partial charge in [-0.15, -0.1) is 0 Å². The van der Waals surface area contributed by atoms with Gasteiger partial charge >= 0.3 is 0 Å². The number of benzene rings is 2. The van der Waals surface area contributed by atoms with Crippen LogP contribution in [0.3, 0.4) is 0 Å². The largest absolute Gasteiger partial charge is 0.342 e. The summed E-state index contributed by atoms with van der Waals surface area (Å²) in [6, 6.07) is 16.6. The van der Waals surface area contributed by atoms with Crippen molar-refractivity contribution in [2.45, 2.75) is 25.8 Å². The molecule has 2 aromatic rings. The topological polar surface area (TPSA) is 46.2 Å². The minimum Gasteiger partial charge on any atom is -0.342 e. The van der Waals surface area contributed by atoms with Crippen LogP contribution >= 0.6 is 0 Å². The Bertz CT molecular complexity index is 608. The van der Waals surface area contributed by atoms with Crippen LogP contribution in [0.2, 0.25) is 0 Å². The fourth-order valence-corrected chi connectivity index (χ4v) is 2.19. The summed E-state index contributed by atoms with van der Waals surface area (Å²) in [4.78, 5) is 23.4. The van der Waals surface area contributed by atoms with Gasteiger partial charge in [0.25, 0.3) is 5.91 Å². The summed E-state index contributed by atoms with van der Waals surface area (Å²) in [7, 11) is 0. The number of carbonyl (C=O) groups excluding carboxylic acids is 2. The van der Waals surface area contributed by atoms with Gasteiger partial charge < -0.3 is 10.1 Å². The summed E-state index contributed by atoms with van der Waals surface area (Å²) in [6.45, 7) is 2.04. The number of rotatable bonds is 6. The molecule has 3 nitrogen and oxygen atoms in total. The smallest absolute Gasteiger partial charge is 0.251 e.